The number of carbonyl (C=O) groups excluding carboxylic acids is 2. The molecule has 0 saturated carbocycles. The van der Waals surface area contributed by atoms with Crippen molar-refractivity contribution in [2.45, 2.75) is 13.0 Å². The Hall–Kier alpha value is -3.33. The molecule has 0 aliphatic rings. The zero-order chi connectivity index (χ0) is 16.8. The van der Waals surface area contributed by atoms with E-state index in [1.807, 2.05) is 6.07 Å². The number of primary amides is 1. The average molecular weight is 309 g/mol. The van der Waals surface area contributed by atoms with Crippen molar-refractivity contribution in [1.82, 2.24) is 0 Å². The summed E-state index contributed by atoms with van der Waals surface area (Å²) in [5.41, 5.74) is 6.50. The normalized spacial score (nSPS) is 11.1. The van der Waals surface area contributed by atoms with Crippen molar-refractivity contribution in [1.29, 1.82) is 5.26 Å². The van der Waals surface area contributed by atoms with E-state index < -0.39 is 12.0 Å². The fourth-order valence-corrected chi connectivity index (χ4v) is 1.87. The van der Waals surface area contributed by atoms with Gasteiger partial charge in [-0.2, -0.15) is 5.26 Å². The lowest BCUT2D eigenvalue weighted by molar-refractivity contribution is -0.122. The minimum Gasteiger partial charge on any atom is -0.481 e. The molecule has 0 aliphatic carbocycles. The molecule has 1 atom stereocenters. The zero-order valence-corrected chi connectivity index (χ0v) is 12.4. The summed E-state index contributed by atoms with van der Waals surface area (Å²) in [7, 11) is 0. The quantitative estimate of drug-likeness (QED) is 0.881. The fraction of sp³-hybridized carbons (Fsp3) is 0.118. The third-order valence-electron chi connectivity index (χ3n) is 3.08. The summed E-state index contributed by atoms with van der Waals surface area (Å²) in [4.78, 5) is 23.1. The molecule has 0 aromatic heterocycles. The lowest BCUT2D eigenvalue weighted by Crippen LogP contribution is -2.30. The van der Waals surface area contributed by atoms with E-state index in [4.69, 9.17) is 15.7 Å². The molecule has 0 radical (unpaired) electrons. The fourth-order valence-electron chi connectivity index (χ4n) is 1.87. The topological polar surface area (TPSA) is 105 Å². The third kappa shape index (κ3) is 4.32. The number of nitrogens with zero attached hydrogens (tertiary/aromatic N) is 1. The maximum atomic E-state index is 12.1. The van der Waals surface area contributed by atoms with E-state index in [0.717, 1.165) is 0 Å². The number of hydrogen-bond acceptors (Lipinski definition) is 4. The van der Waals surface area contributed by atoms with E-state index in [1.165, 1.54) is 12.1 Å². The van der Waals surface area contributed by atoms with E-state index in [2.05, 4.69) is 5.32 Å². The van der Waals surface area contributed by atoms with Crippen LogP contribution in [0.25, 0.3) is 0 Å². The maximum Gasteiger partial charge on any atom is 0.265 e. The molecule has 23 heavy (non-hydrogen) atoms. The molecule has 6 nitrogen and oxygen atoms in total. The molecule has 2 rings (SSSR count). The van der Waals surface area contributed by atoms with E-state index in [1.54, 1.807) is 43.3 Å². The van der Waals surface area contributed by atoms with Crippen LogP contribution >= 0.6 is 0 Å². The van der Waals surface area contributed by atoms with E-state index >= 15 is 0 Å². The lowest BCUT2D eigenvalue weighted by atomic mass is 10.2. The molecule has 0 unspecified atom stereocenters. The van der Waals surface area contributed by atoms with E-state index in [-0.39, 0.29) is 5.91 Å². The van der Waals surface area contributed by atoms with Gasteiger partial charge in [0.25, 0.3) is 5.91 Å². The number of rotatable bonds is 5. The highest BCUT2D eigenvalue weighted by molar-refractivity contribution is 5.94. The van der Waals surface area contributed by atoms with Gasteiger partial charge in [0, 0.05) is 11.3 Å². The zero-order valence-electron chi connectivity index (χ0n) is 12.4. The largest absolute Gasteiger partial charge is 0.481 e. The Morgan fingerprint density at radius 2 is 1.91 bits per heavy atom. The Labute approximate surface area is 133 Å². The Morgan fingerprint density at radius 1 is 1.22 bits per heavy atom. The summed E-state index contributed by atoms with van der Waals surface area (Å²) in [6.45, 7) is 1.60. The smallest absolute Gasteiger partial charge is 0.265 e. The van der Waals surface area contributed by atoms with Crippen LogP contribution in [0.2, 0.25) is 0 Å². The predicted molar refractivity (Wildman–Crippen MR) is 84.8 cm³/mol. The molecule has 0 fully saturated rings. The maximum absolute atomic E-state index is 12.1. The first-order valence-corrected chi connectivity index (χ1v) is 6.87. The van der Waals surface area contributed by atoms with Crippen LogP contribution in [-0.2, 0) is 4.79 Å². The number of hydrogen-bond donors (Lipinski definition) is 2. The highest BCUT2D eigenvalue weighted by Crippen LogP contribution is 2.15. The summed E-state index contributed by atoms with van der Waals surface area (Å²) < 4.78 is 5.51. The first-order chi connectivity index (χ1) is 11.0. The second-order valence-electron chi connectivity index (χ2n) is 4.83. The number of carbonyl (C=O) groups is 2. The van der Waals surface area contributed by atoms with Crippen molar-refractivity contribution >= 4 is 17.5 Å². The van der Waals surface area contributed by atoms with Crippen molar-refractivity contribution in [3.63, 3.8) is 0 Å². The van der Waals surface area contributed by atoms with Gasteiger partial charge in [0.2, 0.25) is 5.91 Å². The van der Waals surface area contributed by atoms with Crippen molar-refractivity contribution < 1.29 is 14.3 Å². The second kappa shape index (κ2) is 7.09. The molecule has 6 heteroatoms. The number of benzene rings is 2. The Morgan fingerprint density at radius 3 is 2.52 bits per heavy atom. The van der Waals surface area contributed by atoms with Crippen molar-refractivity contribution in [2.24, 2.45) is 5.73 Å². The van der Waals surface area contributed by atoms with Gasteiger partial charge < -0.3 is 15.8 Å². The van der Waals surface area contributed by atoms with Crippen molar-refractivity contribution in [3.05, 3.63) is 59.7 Å². The number of nitriles is 1. The Balaban J connectivity index is 1.99. The van der Waals surface area contributed by atoms with Crippen LogP contribution in [0.1, 0.15) is 22.8 Å². The third-order valence-corrected chi connectivity index (χ3v) is 3.08. The summed E-state index contributed by atoms with van der Waals surface area (Å²) >= 11 is 0. The number of ether oxygens (including phenoxy) is 1. The van der Waals surface area contributed by atoms with E-state index in [9.17, 15) is 9.59 Å². The van der Waals surface area contributed by atoms with Gasteiger partial charge in [-0.15, -0.1) is 0 Å². The van der Waals surface area contributed by atoms with Crippen LogP contribution in [0.15, 0.2) is 48.5 Å². The van der Waals surface area contributed by atoms with Gasteiger partial charge in [-0.25, -0.2) is 0 Å². The van der Waals surface area contributed by atoms with Crippen LogP contribution < -0.4 is 15.8 Å². The predicted octanol–water partition coefficient (Wildman–Crippen LogP) is 2.06. The molecule has 116 valence electrons. The van der Waals surface area contributed by atoms with Crippen LogP contribution in [0.5, 0.6) is 5.75 Å². The Kier molecular flexibility index (Phi) is 4.95. The summed E-state index contributed by atoms with van der Waals surface area (Å²) in [6.07, 6.45) is -0.750. The van der Waals surface area contributed by atoms with Gasteiger partial charge in [-0.1, -0.05) is 6.07 Å². The molecule has 0 heterocycles. The van der Waals surface area contributed by atoms with E-state index in [0.29, 0.717) is 22.6 Å². The van der Waals surface area contributed by atoms with Gasteiger partial charge in [0.05, 0.1) is 11.6 Å². The molecule has 0 aliphatic heterocycles. The van der Waals surface area contributed by atoms with Gasteiger partial charge in [0.15, 0.2) is 6.10 Å². The summed E-state index contributed by atoms with van der Waals surface area (Å²) in [6, 6.07) is 14.8. The van der Waals surface area contributed by atoms with Gasteiger partial charge >= 0.3 is 0 Å². The summed E-state index contributed by atoms with van der Waals surface area (Å²) in [5, 5.41) is 11.5. The second-order valence-corrected chi connectivity index (χ2v) is 4.83. The molecule has 2 amide bonds. The highest BCUT2D eigenvalue weighted by atomic mass is 16.5. The SMILES string of the molecule is C[C@H](Oc1ccc(C(N)=O)cc1)C(=O)Nc1cccc(C#N)c1. The highest BCUT2D eigenvalue weighted by Gasteiger charge is 2.15. The number of nitrogens with one attached hydrogen (secondary N) is 1. The van der Waals surface area contributed by atoms with Crippen molar-refractivity contribution in [2.75, 3.05) is 5.32 Å². The lowest BCUT2D eigenvalue weighted by Gasteiger charge is -2.15. The number of amides is 2. The van der Waals surface area contributed by atoms with Crippen LogP contribution in [0.3, 0.4) is 0 Å². The van der Waals surface area contributed by atoms with Crippen LogP contribution in [0.4, 0.5) is 5.69 Å². The van der Waals surface area contributed by atoms with Gasteiger partial charge in [0.1, 0.15) is 5.75 Å². The minimum absolute atomic E-state index is 0.348. The van der Waals surface area contributed by atoms with Crippen LogP contribution in [0, 0.1) is 11.3 Å². The number of nitrogens with two attached hydrogens (primary N) is 1. The average Bonchev–Trinajstić information content (AvgIpc) is 2.55. The monoisotopic (exact) mass is 309 g/mol. The standard InChI is InChI=1S/C17H15N3O3/c1-11(23-15-7-5-13(6-8-15)16(19)21)17(22)20-14-4-2-3-12(9-14)10-18/h2-9,11H,1H3,(H2,19,21)(H,20,22)/t11-/m0/s1. The first kappa shape index (κ1) is 16.0. The molecular weight excluding hydrogens is 294 g/mol. The molecule has 0 bridgehead atoms. The Bertz CT molecular complexity index is 763. The van der Waals surface area contributed by atoms with Crippen LogP contribution in [-0.4, -0.2) is 17.9 Å². The molecule has 0 spiro atoms. The molecule has 0 saturated heterocycles. The first-order valence-electron chi connectivity index (χ1n) is 6.87. The molecule has 2 aromatic carbocycles. The molecule has 3 N–H and O–H groups in total. The summed E-state index contributed by atoms with van der Waals surface area (Å²) in [5.74, 6) is -0.429. The minimum atomic E-state index is -0.750. The number of anilines is 1. The van der Waals surface area contributed by atoms with Gasteiger partial charge in [-0.3, -0.25) is 9.59 Å². The van der Waals surface area contributed by atoms with Gasteiger partial charge in [-0.05, 0) is 49.4 Å². The van der Waals surface area contributed by atoms with Crippen molar-refractivity contribution in [3.8, 4) is 11.8 Å². The molecule has 2 aromatic rings. The molecular formula is C17H15N3O3.